The number of aromatic nitrogens is 2. The van der Waals surface area contributed by atoms with Crippen LogP contribution >= 0.6 is 23.8 Å². The summed E-state index contributed by atoms with van der Waals surface area (Å²) in [6.07, 6.45) is 1.82. The Morgan fingerprint density at radius 2 is 1.94 bits per heavy atom. The van der Waals surface area contributed by atoms with Gasteiger partial charge in [-0.05, 0) is 81.9 Å². The van der Waals surface area contributed by atoms with Gasteiger partial charge in [0, 0.05) is 29.3 Å². The molecule has 0 amide bonds. The Morgan fingerprint density at radius 1 is 1.16 bits per heavy atom. The number of anilines is 1. The van der Waals surface area contributed by atoms with E-state index in [0.717, 1.165) is 11.4 Å². The van der Waals surface area contributed by atoms with Crippen molar-refractivity contribution >= 4 is 34.6 Å². The van der Waals surface area contributed by atoms with Crippen molar-refractivity contribution in [2.24, 2.45) is 0 Å². The minimum absolute atomic E-state index is 0.0643. The molecule has 2 aromatic heterocycles. The van der Waals surface area contributed by atoms with E-state index in [1.54, 1.807) is 7.11 Å². The summed E-state index contributed by atoms with van der Waals surface area (Å²) >= 11 is 12.3. The van der Waals surface area contributed by atoms with Gasteiger partial charge in [-0.2, -0.15) is 0 Å². The van der Waals surface area contributed by atoms with Crippen LogP contribution in [0.25, 0.3) is 0 Å². The third-order valence-electron chi connectivity index (χ3n) is 5.87. The predicted octanol–water partition coefficient (Wildman–Crippen LogP) is 5.92. The monoisotopic (exact) mass is 454 g/mol. The quantitative estimate of drug-likeness (QED) is 0.484. The van der Waals surface area contributed by atoms with Crippen LogP contribution in [0.3, 0.4) is 0 Å². The molecule has 2 atom stereocenters. The lowest BCUT2D eigenvalue weighted by atomic mass is 9.96. The summed E-state index contributed by atoms with van der Waals surface area (Å²) in [6, 6.07) is 14.2. The van der Waals surface area contributed by atoms with Gasteiger partial charge in [0.2, 0.25) is 0 Å². The van der Waals surface area contributed by atoms with Gasteiger partial charge < -0.3 is 19.5 Å². The Bertz CT molecular complexity index is 1110. The van der Waals surface area contributed by atoms with Gasteiger partial charge >= 0.3 is 0 Å². The lowest BCUT2D eigenvalue weighted by molar-refractivity contribution is 0.415. The van der Waals surface area contributed by atoms with E-state index in [-0.39, 0.29) is 12.1 Å². The van der Waals surface area contributed by atoms with Crippen molar-refractivity contribution in [1.82, 2.24) is 14.9 Å². The SMILES string of the molecule is COc1ccc(N2C(=S)N[C@H](c3ccccn3)[C@@H]2c2cc(C)n(C(C)C)c2C)cc1Cl. The molecule has 1 N–H and O–H groups in total. The molecule has 1 aliphatic heterocycles. The van der Waals surface area contributed by atoms with E-state index in [0.29, 0.717) is 21.9 Å². The fourth-order valence-corrected chi connectivity index (χ4v) is 5.25. The molecule has 3 heterocycles. The van der Waals surface area contributed by atoms with E-state index in [1.165, 1.54) is 17.0 Å². The second-order valence-electron chi connectivity index (χ2n) is 8.11. The minimum atomic E-state index is -0.0873. The molecule has 4 rings (SSSR count). The molecule has 5 nitrogen and oxygen atoms in total. The maximum atomic E-state index is 6.47. The van der Waals surface area contributed by atoms with E-state index < -0.39 is 0 Å². The highest BCUT2D eigenvalue weighted by molar-refractivity contribution is 7.80. The van der Waals surface area contributed by atoms with Crippen LogP contribution in [-0.4, -0.2) is 21.8 Å². The molecule has 0 spiro atoms. The molecule has 0 unspecified atom stereocenters. The van der Waals surface area contributed by atoms with Gasteiger partial charge in [0.1, 0.15) is 5.75 Å². The van der Waals surface area contributed by atoms with Crippen LogP contribution < -0.4 is 15.0 Å². The Kier molecular flexibility index (Phi) is 5.95. The van der Waals surface area contributed by atoms with Crippen molar-refractivity contribution in [3.8, 4) is 5.75 Å². The molecule has 7 heteroatoms. The van der Waals surface area contributed by atoms with Gasteiger partial charge in [-0.3, -0.25) is 4.98 Å². The molecule has 162 valence electrons. The van der Waals surface area contributed by atoms with Crippen molar-refractivity contribution in [2.45, 2.75) is 45.8 Å². The number of hydrogen-bond donors (Lipinski definition) is 1. The van der Waals surface area contributed by atoms with Crippen LogP contribution in [0.4, 0.5) is 5.69 Å². The van der Waals surface area contributed by atoms with E-state index in [2.05, 4.69) is 53.5 Å². The number of hydrogen-bond acceptors (Lipinski definition) is 3. The van der Waals surface area contributed by atoms with Gasteiger partial charge in [0.25, 0.3) is 0 Å². The minimum Gasteiger partial charge on any atom is -0.495 e. The summed E-state index contributed by atoms with van der Waals surface area (Å²) in [7, 11) is 1.61. The maximum absolute atomic E-state index is 6.47. The summed E-state index contributed by atoms with van der Waals surface area (Å²) < 4.78 is 7.71. The normalized spacial score (nSPS) is 18.5. The number of benzene rings is 1. The van der Waals surface area contributed by atoms with Crippen molar-refractivity contribution in [1.29, 1.82) is 0 Å². The number of methoxy groups -OCH3 is 1. The predicted molar refractivity (Wildman–Crippen MR) is 130 cm³/mol. The van der Waals surface area contributed by atoms with E-state index in [1.807, 2.05) is 42.6 Å². The smallest absolute Gasteiger partial charge is 0.174 e. The first-order valence-corrected chi connectivity index (χ1v) is 11.1. The standard InChI is InChI=1S/C24H27ClN4OS/c1-14(2)28-15(3)12-18(16(28)4)23-22(20-8-6-7-11-26-20)27-24(31)29(23)17-9-10-21(30-5)19(25)13-17/h6-14,22-23H,1-5H3,(H,27,31)/t22-,23+/m1/s1. The van der Waals surface area contributed by atoms with Gasteiger partial charge in [-0.15, -0.1) is 0 Å². The lowest BCUT2D eigenvalue weighted by Crippen LogP contribution is -2.29. The second-order valence-corrected chi connectivity index (χ2v) is 8.90. The number of ether oxygens (including phenoxy) is 1. The highest BCUT2D eigenvalue weighted by atomic mass is 35.5. The average Bonchev–Trinajstić information content (AvgIpc) is 3.24. The van der Waals surface area contributed by atoms with Crippen LogP contribution in [0, 0.1) is 13.8 Å². The number of halogens is 1. The number of rotatable bonds is 5. The molecule has 31 heavy (non-hydrogen) atoms. The molecule has 3 aromatic rings. The summed E-state index contributed by atoms with van der Waals surface area (Å²) in [4.78, 5) is 6.78. The van der Waals surface area contributed by atoms with Crippen molar-refractivity contribution in [3.05, 3.63) is 76.3 Å². The molecule has 1 aliphatic rings. The Morgan fingerprint density at radius 3 is 2.52 bits per heavy atom. The Hall–Kier alpha value is -2.57. The fourth-order valence-electron chi connectivity index (χ4n) is 4.65. The first kappa shape index (κ1) is 21.7. The molecule has 0 radical (unpaired) electrons. The lowest BCUT2D eigenvalue weighted by Gasteiger charge is -2.28. The molecular weight excluding hydrogens is 428 g/mol. The van der Waals surface area contributed by atoms with Gasteiger partial charge in [-0.25, -0.2) is 0 Å². The maximum Gasteiger partial charge on any atom is 0.174 e. The number of aryl methyl sites for hydroxylation is 1. The summed E-state index contributed by atoms with van der Waals surface area (Å²) in [5.74, 6) is 0.638. The van der Waals surface area contributed by atoms with Gasteiger partial charge in [-0.1, -0.05) is 17.7 Å². The van der Waals surface area contributed by atoms with Crippen LogP contribution in [0.2, 0.25) is 5.02 Å². The van der Waals surface area contributed by atoms with Gasteiger partial charge in [0.05, 0.1) is 29.9 Å². The molecule has 0 saturated carbocycles. The summed E-state index contributed by atoms with van der Waals surface area (Å²) in [5.41, 5.74) is 5.55. The van der Waals surface area contributed by atoms with Crippen molar-refractivity contribution in [2.75, 3.05) is 12.0 Å². The first-order valence-electron chi connectivity index (χ1n) is 10.4. The van der Waals surface area contributed by atoms with Crippen LogP contribution in [0.5, 0.6) is 5.75 Å². The van der Waals surface area contributed by atoms with Crippen LogP contribution in [0.15, 0.2) is 48.7 Å². The molecule has 1 saturated heterocycles. The molecule has 1 fully saturated rings. The Balaban J connectivity index is 1.89. The molecule has 0 bridgehead atoms. The van der Waals surface area contributed by atoms with Crippen molar-refractivity contribution < 1.29 is 4.74 Å². The zero-order valence-corrected chi connectivity index (χ0v) is 20.0. The number of nitrogens with one attached hydrogen (secondary N) is 1. The Labute approximate surface area is 194 Å². The third kappa shape index (κ3) is 3.79. The number of thiocarbonyl (C=S) groups is 1. The fraction of sp³-hybridized carbons (Fsp3) is 0.333. The van der Waals surface area contributed by atoms with E-state index >= 15 is 0 Å². The van der Waals surface area contributed by atoms with Crippen LogP contribution in [0.1, 0.15) is 54.6 Å². The first-order chi connectivity index (χ1) is 14.8. The average molecular weight is 455 g/mol. The second kappa shape index (κ2) is 8.52. The third-order valence-corrected chi connectivity index (χ3v) is 6.48. The number of pyridine rings is 1. The molecular formula is C24H27ClN4OS. The van der Waals surface area contributed by atoms with E-state index in [4.69, 9.17) is 28.6 Å². The summed E-state index contributed by atoms with van der Waals surface area (Å²) in [5, 5.41) is 4.71. The highest BCUT2D eigenvalue weighted by Gasteiger charge is 2.42. The van der Waals surface area contributed by atoms with Gasteiger partial charge in [0.15, 0.2) is 5.11 Å². The van der Waals surface area contributed by atoms with Crippen molar-refractivity contribution in [3.63, 3.8) is 0 Å². The zero-order valence-electron chi connectivity index (χ0n) is 18.4. The summed E-state index contributed by atoms with van der Waals surface area (Å²) in [6.45, 7) is 8.75. The van der Waals surface area contributed by atoms with E-state index in [9.17, 15) is 0 Å². The highest BCUT2D eigenvalue weighted by Crippen LogP contribution is 2.44. The molecule has 1 aromatic carbocycles. The molecule has 0 aliphatic carbocycles. The largest absolute Gasteiger partial charge is 0.495 e. The number of nitrogens with zero attached hydrogens (tertiary/aromatic N) is 3. The van der Waals surface area contributed by atoms with Crippen LogP contribution in [-0.2, 0) is 0 Å². The zero-order chi connectivity index (χ0) is 22.3. The topological polar surface area (TPSA) is 42.3 Å².